The van der Waals surface area contributed by atoms with E-state index in [1.165, 1.54) is 147 Å². The Morgan fingerprint density at radius 2 is 1.03 bits per heavy atom. The molecule has 0 amide bonds. The fraction of sp³-hybridized carbons (Fsp3) is 1.00. The minimum atomic E-state index is -2.02. The highest BCUT2D eigenvalue weighted by molar-refractivity contribution is 6.87. The van der Waals surface area contributed by atoms with E-state index < -0.39 is 25.2 Å². The summed E-state index contributed by atoms with van der Waals surface area (Å²) in [5, 5.41) is 13.0. The van der Waals surface area contributed by atoms with Gasteiger partial charge in [0.05, 0.1) is 25.9 Å². The fourth-order valence-electron chi connectivity index (χ4n) is 7.59. The van der Waals surface area contributed by atoms with Gasteiger partial charge in [0, 0.05) is 14.6 Å². The summed E-state index contributed by atoms with van der Waals surface area (Å²) >= 11 is 0. The summed E-state index contributed by atoms with van der Waals surface area (Å²) in [6, 6.07) is 2.38. The SMILES string of the molecule is C.C.CCCCCCCCCCCCOCC(O)CC(C)(C)C.CCCCCCCCCCCCOCC1CO1.CNCCC[Si](C)(C)O[Si](C)(C)O[Si](C)(C)CCCCN.[HH]. The highest BCUT2D eigenvalue weighted by Crippen LogP contribution is 2.26. The van der Waals surface area contributed by atoms with Crippen molar-refractivity contribution < 1.29 is 29.0 Å². The Morgan fingerprint density at radius 1 is 0.639 bits per heavy atom. The molecule has 1 fully saturated rings. The van der Waals surface area contributed by atoms with Crippen LogP contribution in [0.15, 0.2) is 0 Å². The van der Waals surface area contributed by atoms with Crippen molar-refractivity contribution in [2.45, 2.75) is 267 Å². The predicted molar refractivity (Wildman–Crippen MR) is 282 cm³/mol. The molecular weight excluding hydrogens is 809 g/mol. The number of nitrogens with one attached hydrogen (secondary N) is 1. The second kappa shape index (κ2) is 44.2. The number of unbranched alkanes of at least 4 members (excludes halogenated alkanes) is 19. The van der Waals surface area contributed by atoms with Crippen molar-refractivity contribution in [2.75, 3.05) is 53.2 Å². The molecule has 2 unspecified atom stereocenters. The third-order valence-electron chi connectivity index (χ3n) is 10.6. The zero-order valence-corrected chi connectivity index (χ0v) is 45.1. The highest BCUT2D eigenvalue weighted by Gasteiger charge is 2.39. The van der Waals surface area contributed by atoms with Crippen molar-refractivity contribution in [3.63, 3.8) is 0 Å². The third kappa shape index (κ3) is 56.4. The van der Waals surface area contributed by atoms with Crippen LogP contribution in [0, 0.1) is 5.41 Å². The summed E-state index contributed by atoms with van der Waals surface area (Å²) in [6.45, 7) is 30.5. The molecule has 376 valence electrons. The minimum Gasteiger partial charge on any atom is -0.437 e. The standard InChI is InChI=1S/C19H40O2.C15H30O2.C14H38N2O2Si3.2CH4.H2/c1-5-6-7-8-9-10-11-12-13-14-15-21-17-18(20)16-19(2,3)4;1-2-3-4-5-6-7-8-9-10-11-12-16-13-15-14-17-15;1-16-12-10-14-20(4,5)18-21(6,7)17-19(2,3)13-9-8-11-15;;;/h18,20H,5-17H2,1-4H3;15H,2-14H2,1H3;16H,8-15H2,1-7H3;2*1H4;1H. The van der Waals surface area contributed by atoms with Crippen LogP contribution in [-0.2, 0) is 22.4 Å². The lowest BCUT2D eigenvalue weighted by Crippen LogP contribution is -2.52. The maximum absolute atomic E-state index is 9.82. The zero-order valence-electron chi connectivity index (χ0n) is 42.1. The monoisotopic (exact) mass is 927 g/mol. The van der Waals surface area contributed by atoms with Gasteiger partial charge in [0.15, 0.2) is 16.6 Å². The number of rotatable bonds is 39. The molecule has 0 aromatic heterocycles. The molecule has 0 aromatic rings. The van der Waals surface area contributed by atoms with E-state index in [0.717, 1.165) is 58.8 Å². The molecule has 11 heteroatoms. The number of aliphatic hydroxyl groups is 1. The van der Waals surface area contributed by atoms with Crippen LogP contribution in [-0.4, -0.2) is 95.7 Å². The van der Waals surface area contributed by atoms with Crippen molar-refractivity contribution in [3.8, 4) is 0 Å². The first-order chi connectivity index (χ1) is 27.9. The van der Waals surface area contributed by atoms with E-state index in [4.69, 9.17) is 28.2 Å². The Hall–Kier alpha value is 0.331. The molecule has 0 radical (unpaired) electrons. The van der Waals surface area contributed by atoms with E-state index in [2.05, 4.69) is 79.2 Å². The van der Waals surface area contributed by atoms with Crippen molar-refractivity contribution in [3.05, 3.63) is 0 Å². The third-order valence-corrected chi connectivity index (χ3v) is 22.1. The van der Waals surface area contributed by atoms with Crippen LogP contribution in [0.25, 0.3) is 0 Å². The first kappa shape index (κ1) is 67.9. The van der Waals surface area contributed by atoms with Gasteiger partial charge in [-0.2, -0.15) is 0 Å². The quantitative estimate of drug-likeness (QED) is 0.0318. The van der Waals surface area contributed by atoms with E-state index in [1.807, 2.05) is 7.05 Å². The average Bonchev–Trinajstić information content (AvgIpc) is 3.96. The first-order valence-electron chi connectivity index (χ1n) is 25.1. The van der Waals surface area contributed by atoms with E-state index in [9.17, 15) is 5.11 Å². The summed E-state index contributed by atoms with van der Waals surface area (Å²) in [7, 11) is -3.25. The lowest BCUT2D eigenvalue weighted by atomic mass is 9.89. The molecule has 0 saturated carbocycles. The van der Waals surface area contributed by atoms with Gasteiger partial charge in [-0.05, 0) is 109 Å². The van der Waals surface area contributed by atoms with Crippen LogP contribution in [0.2, 0.25) is 51.4 Å². The Labute approximate surface area is 389 Å². The van der Waals surface area contributed by atoms with Gasteiger partial charge in [-0.25, -0.2) is 0 Å². The number of aliphatic hydroxyl groups excluding tert-OH is 1. The van der Waals surface area contributed by atoms with Gasteiger partial charge < -0.3 is 38.6 Å². The van der Waals surface area contributed by atoms with Crippen LogP contribution < -0.4 is 11.1 Å². The van der Waals surface area contributed by atoms with E-state index in [0.29, 0.717) is 12.7 Å². The maximum atomic E-state index is 9.82. The molecule has 4 N–H and O–H groups in total. The van der Waals surface area contributed by atoms with Gasteiger partial charge in [0.2, 0.25) is 0 Å². The predicted octanol–water partition coefficient (Wildman–Crippen LogP) is 15.0. The summed E-state index contributed by atoms with van der Waals surface area (Å²) in [4.78, 5) is 0. The van der Waals surface area contributed by atoms with E-state index in [1.54, 1.807) is 0 Å². The zero-order chi connectivity index (χ0) is 44.7. The maximum Gasteiger partial charge on any atom is 0.311 e. The van der Waals surface area contributed by atoms with Crippen LogP contribution in [0.1, 0.15) is 205 Å². The van der Waals surface area contributed by atoms with Crippen molar-refractivity contribution in [1.29, 1.82) is 0 Å². The molecule has 0 aromatic carbocycles. The molecule has 2 atom stereocenters. The van der Waals surface area contributed by atoms with Gasteiger partial charge in [0.1, 0.15) is 6.10 Å². The van der Waals surface area contributed by atoms with Gasteiger partial charge in [-0.3, -0.25) is 0 Å². The lowest BCUT2D eigenvalue weighted by Gasteiger charge is -2.38. The number of hydrogen-bond acceptors (Lipinski definition) is 8. The second-order valence-electron chi connectivity index (χ2n) is 20.5. The van der Waals surface area contributed by atoms with Gasteiger partial charge >= 0.3 is 8.56 Å². The van der Waals surface area contributed by atoms with Crippen LogP contribution in [0.5, 0.6) is 0 Å². The molecule has 8 nitrogen and oxygen atoms in total. The Morgan fingerprint density at radius 3 is 1.41 bits per heavy atom. The number of nitrogens with two attached hydrogens (primary N) is 1. The van der Waals surface area contributed by atoms with Crippen LogP contribution in [0.3, 0.4) is 0 Å². The smallest absolute Gasteiger partial charge is 0.311 e. The van der Waals surface area contributed by atoms with Gasteiger partial charge in [-0.1, -0.05) is 171 Å². The molecule has 1 rings (SSSR count). The number of ether oxygens (including phenoxy) is 3. The Balaban J connectivity index is -0.000000257. The molecule has 1 aliphatic heterocycles. The number of hydrogen-bond donors (Lipinski definition) is 3. The molecule has 61 heavy (non-hydrogen) atoms. The lowest BCUT2D eigenvalue weighted by molar-refractivity contribution is 0.0150. The van der Waals surface area contributed by atoms with Gasteiger partial charge in [0.25, 0.3) is 0 Å². The summed E-state index contributed by atoms with van der Waals surface area (Å²) in [6.07, 6.45) is 31.8. The van der Waals surface area contributed by atoms with E-state index >= 15 is 0 Å². The molecule has 1 heterocycles. The largest absolute Gasteiger partial charge is 0.437 e. The van der Waals surface area contributed by atoms with Crippen molar-refractivity contribution in [1.82, 2.24) is 5.32 Å². The van der Waals surface area contributed by atoms with Crippen molar-refractivity contribution >= 4 is 25.2 Å². The number of epoxide rings is 1. The normalized spacial score (nSPS) is 14.6. The van der Waals surface area contributed by atoms with E-state index in [-0.39, 0.29) is 27.8 Å². The summed E-state index contributed by atoms with van der Waals surface area (Å²) < 4.78 is 29.3. The highest BCUT2D eigenvalue weighted by atomic mass is 28.5. The van der Waals surface area contributed by atoms with Crippen LogP contribution >= 0.6 is 0 Å². The second-order valence-corrected chi connectivity index (χ2v) is 32.9. The van der Waals surface area contributed by atoms with Gasteiger partial charge in [-0.15, -0.1) is 0 Å². The molecular formula is C50H118N2O6Si3. The molecule has 1 saturated heterocycles. The summed E-state index contributed by atoms with van der Waals surface area (Å²) in [5.41, 5.74) is 5.77. The molecule has 0 spiro atoms. The topological polar surface area (TPSA) is 108 Å². The summed E-state index contributed by atoms with van der Waals surface area (Å²) in [5.74, 6) is 0. The van der Waals surface area contributed by atoms with Crippen molar-refractivity contribution in [2.24, 2.45) is 11.1 Å². The average molecular weight is 928 g/mol. The first-order valence-corrected chi connectivity index (χ1v) is 34.2. The molecule has 1 aliphatic rings. The minimum absolute atomic E-state index is 0. The molecule has 0 bridgehead atoms. The fourth-order valence-corrected chi connectivity index (χ4v) is 21.7. The molecule has 0 aliphatic carbocycles. The Bertz CT molecular complexity index is 856. The Kier molecular flexibility index (Phi) is 49.2. The van der Waals surface area contributed by atoms with Crippen LogP contribution in [0.4, 0.5) is 0 Å².